The molecule has 0 spiro atoms. The minimum atomic E-state index is -0.889. The largest absolute Gasteiger partial charge is 0.481 e. The monoisotopic (exact) mass is 233 g/mol. The van der Waals surface area contributed by atoms with E-state index in [1.807, 2.05) is 13.2 Å². The average molecular weight is 233 g/mol. The second-order valence-electron chi connectivity index (χ2n) is 3.78. The van der Waals surface area contributed by atoms with Gasteiger partial charge in [-0.1, -0.05) is 6.92 Å². The van der Waals surface area contributed by atoms with Gasteiger partial charge in [-0.2, -0.15) is 11.8 Å². The van der Waals surface area contributed by atoms with Crippen LogP contribution in [-0.4, -0.2) is 35.0 Å². The van der Waals surface area contributed by atoms with Crippen molar-refractivity contribution in [3.63, 3.8) is 0 Å². The summed E-state index contributed by atoms with van der Waals surface area (Å²) >= 11 is 1.60. The topological polar surface area (TPSA) is 66.4 Å². The Kier molecular flexibility index (Phi) is 6.40. The highest BCUT2D eigenvalue weighted by Gasteiger charge is 2.22. The molecule has 0 bridgehead atoms. The van der Waals surface area contributed by atoms with E-state index < -0.39 is 11.9 Å². The number of hydrogen-bond donors (Lipinski definition) is 2. The smallest absolute Gasteiger partial charge is 0.308 e. The van der Waals surface area contributed by atoms with Crippen LogP contribution in [0.25, 0.3) is 0 Å². The van der Waals surface area contributed by atoms with E-state index in [2.05, 4.69) is 5.32 Å². The Labute approximate surface area is 94.8 Å². The number of carbonyl (C=O) groups excluding carboxylic acids is 1. The second kappa shape index (κ2) is 6.71. The minimum absolute atomic E-state index is 0.0787. The normalized spacial score (nSPS) is 16.5. The summed E-state index contributed by atoms with van der Waals surface area (Å²) in [6, 6.07) is -0.334. The van der Waals surface area contributed by atoms with Crippen LogP contribution in [0, 0.1) is 11.8 Å². The number of nitrogens with one attached hydrogen (secondary N) is 1. The molecule has 3 unspecified atom stereocenters. The maximum Gasteiger partial charge on any atom is 0.308 e. The molecule has 0 saturated carbocycles. The molecular formula is C10H19NO3S. The number of aliphatic carboxylic acids is 1. The lowest BCUT2D eigenvalue weighted by molar-refractivity contribution is -0.142. The van der Waals surface area contributed by atoms with Crippen LogP contribution in [0.3, 0.4) is 0 Å². The maximum absolute atomic E-state index is 11.6. The Bertz CT molecular complexity index is 233. The summed E-state index contributed by atoms with van der Waals surface area (Å²) in [6.45, 7) is 5.14. The quantitative estimate of drug-likeness (QED) is 0.723. The van der Waals surface area contributed by atoms with Gasteiger partial charge in [0.25, 0.3) is 0 Å². The predicted octanol–water partition coefficient (Wildman–Crippen LogP) is 1.21. The van der Waals surface area contributed by atoms with Crippen LogP contribution >= 0.6 is 11.8 Å². The van der Waals surface area contributed by atoms with E-state index in [4.69, 9.17) is 5.11 Å². The SMILES string of the molecule is CSCC(C)C(=O)NC(C)C(C)C(=O)O. The average Bonchev–Trinajstić information content (AvgIpc) is 2.16. The number of carboxylic acids is 1. The molecule has 0 fully saturated rings. The van der Waals surface area contributed by atoms with Crippen molar-refractivity contribution in [1.29, 1.82) is 0 Å². The van der Waals surface area contributed by atoms with E-state index in [1.165, 1.54) is 0 Å². The van der Waals surface area contributed by atoms with Crippen molar-refractivity contribution >= 4 is 23.6 Å². The third-order valence-corrected chi connectivity index (χ3v) is 3.21. The first-order chi connectivity index (χ1) is 6.90. The molecule has 0 radical (unpaired) electrons. The maximum atomic E-state index is 11.6. The zero-order valence-corrected chi connectivity index (χ0v) is 10.4. The number of amides is 1. The first-order valence-corrected chi connectivity index (χ1v) is 6.31. The summed E-state index contributed by atoms with van der Waals surface area (Å²) < 4.78 is 0. The third-order valence-electron chi connectivity index (χ3n) is 2.37. The van der Waals surface area contributed by atoms with Crippen molar-refractivity contribution in [2.45, 2.75) is 26.8 Å². The molecule has 0 heterocycles. The van der Waals surface area contributed by atoms with Crippen molar-refractivity contribution in [3.8, 4) is 0 Å². The van der Waals surface area contributed by atoms with Crippen molar-refractivity contribution in [1.82, 2.24) is 5.32 Å². The molecule has 0 aliphatic heterocycles. The Balaban J connectivity index is 4.11. The Morgan fingerprint density at radius 1 is 1.33 bits per heavy atom. The van der Waals surface area contributed by atoms with Gasteiger partial charge in [0.2, 0.25) is 5.91 Å². The molecule has 4 nitrogen and oxygen atoms in total. The number of hydrogen-bond acceptors (Lipinski definition) is 3. The Morgan fingerprint density at radius 2 is 1.87 bits per heavy atom. The summed E-state index contributed by atoms with van der Waals surface area (Å²) in [5.41, 5.74) is 0. The molecule has 3 atom stereocenters. The molecule has 0 aliphatic carbocycles. The van der Waals surface area contributed by atoms with Crippen LogP contribution in [-0.2, 0) is 9.59 Å². The molecule has 0 saturated heterocycles. The highest BCUT2D eigenvalue weighted by Crippen LogP contribution is 2.07. The van der Waals surface area contributed by atoms with Gasteiger partial charge < -0.3 is 10.4 Å². The van der Waals surface area contributed by atoms with Crippen LogP contribution in [0.1, 0.15) is 20.8 Å². The van der Waals surface area contributed by atoms with Gasteiger partial charge in [-0.15, -0.1) is 0 Å². The van der Waals surface area contributed by atoms with Crippen LogP contribution < -0.4 is 5.32 Å². The highest BCUT2D eigenvalue weighted by molar-refractivity contribution is 7.98. The van der Waals surface area contributed by atoms with E-state index in [0.29, 0.717) is 0 Å². The molecule has 88 valence electrons. The van der Waals surface area contributed by atoms with E-state index in [1.54, 1.807) is 25.6 Å². The fraction of sp³-hybridized carbons (Fsp3) is 0.800. The fourth-order valence-corrected chi connectivity index (χ4v) is 1.68. The van der Waals surface area contributed by atoms with Crippen molar-refractivity contribution < 1.29 is 14.7 Å². The third kappa shape index (κ3) is 5.06. The fourth-order valence-electron chi connectivity index (χ4n) is 1.03. The van der Waals surface area contributed by atoms with E-state index in [0.717, 1.165) is 5.75 Å². The predicted molar refractivity (Wildman–Crippen MR) is 62.0 cm³/mol. The zero-order valence-electron chi connectivity index (χ0n) is 9.61. The van der Waals surface area contributed by atoms with Gasteiger partial charge in [-0.25, -0.2) is 0 Å². The lowest BCUT2D eigenvalue weighted by Gasteiger charge is -2.20. The van der Waals surface area contributed by atoms with Crippen molar-refractivity contribution in [2.75, 3.05) is 12.0 Å². The number of carboxylic acid groups (broad SMARTS) is 1. The summed E-state index contributed by atoms with van der Waals surface area (Å²) in [7, 11) is 0. The molecule has 0 rings (SSSR count). The number of carbonyl (C=O) groups is 2. The van der Waals surface area contributed by atoms with E-state index >= 15 is 0 Å². The molecule has 0 aromatic heterocycles. The summed E-state index contributed by atoms with van der Waals surface area (Å²) in [5.74, 6) is -0.857. The van der Waals surface area contributed by atoms with E-state index in [9.17, 15) is 9.59 Å². The number of rotatable bonds is 6. The van der Waals surface area contributed by atoms with Gasteiger partial charge >= 0.3 is 5.97 Å². The molecule has 0 aromatic carbocycles. The molecule has 2 N–H and O–H groups in total. The van der Waals surface area contributed by atoms with Crippen LogP contribution in [0.2, 0.25) is 0 Å². The Morgan fingerprint density at radius 3 is 2.27 bits per heavy atom. The lowest BCUT2D eigenvalue weighted by Crippen LogP contribution is -2.42. The molecule has 1 amide bonds. The lowest BCUT2D eigenvalue weighted by atomic mass is 10.0. The van der Waals surface area contributed by atoms with Gasteiger partial charge in [0.15, 0.2) is 0 Å². The van der Waals surface area contributed by atoms with E-state index in [-0.39, 0.29) is 17.9 Å². The van der Waals surface area contributed by atoms with Crippen LogP contribution in [0.5, 0.6) is 0 Å². The zero-order chi connectivity index (χ0) is 12.0. The minimum Gasteiger partial charge on any atom is -0.481 e. The van der Waals surface area contributed by atoms with Gasteiger partial charge in [0, 0.05) is 17.7 Å². The Hall–Kier alpha value is -0.710. The van der Waals surface area contributed by atoms with Gasteiger partial charge in [0.1, 0.15) is 0 Å². The molecule has 0 aliphatic rings. The van der Waals surface area contributed by atoms with Gasteiger partial charge in [-0.3, -0.25) is 9.59 Å². The van der Waals surface area contributed by atoms with Gasteiger partial charge in [-0.05, 0) is 20.1 Å². The number of thioether (sulfide) groups is 1. The standard InChI is InChI=1S/C10H19NO3S/c1-6(5-15-4)9(12)11-8(3)7(2)10(13)14/h6-8H,5H2,1-4H3,(H,11,12)(H,13,14). The first-order valence-electron chi connectivity index (χ1n) is 4.92. The molecular weight excluding hydrogens is 214 g/mol. The molecule has 0 aromatic rings. The van der Waals surface area contributed by atoms with Crippen molar-refractivity contribution in [3.05, 3.63) is 0 Å². The summed E-state index contributed by atoms with van der Waals surface area (Å²) in [5, 5.41) is 11.5. The molecule has 5 heteroatoms. The van der Waals surface area contributed by atoms with Crippen LogP contribution in [0.15, 0.2) is 0 Å². The summed E-state index contributed by atoms with van der Waals surface area (Å²) in [6.07, 6.45) is 1.94. The summed E-state index contributed by atoms with van der Waals surface area (Å²) in [4.78, 5) is 22.2. The first kappa shape index (κ1) is 14.3. The van der Waals surface area contributed by atoms with Crippen molar-refractivity contribution in [2.24, 2.45) is 11.8 Å². The highest BCUT2D eigenvalue weighted by atomic mass is 32.2. The molecule has 15 heavy (non-hydrogen) atoms. The second-order valence-corrected chi connectivity index (χ2v) is 4.69. The van der Waals surface area contributed by atoms with Gasteiger partial charge in [0.05, 0.1) is 5.92 Å². The van der Waals surface area contributed by atoms with Crippen LogP contribution in [0.4, 0.5) is 0 Å².